The number of H-pyrrole nitrogens is 4. The molecule has 0 amide bonds. The van der Waals surface area contributed by atoms with Crippen molar-refractivity contribution in [3.05, 3.63) is 95.3 Å². The van der Waals surface area contributed by atoms with Gasteiger partial charge in [-0.05, 0) is 6.92 Å². The third-order valence-corrected chi connectivity index (χ3v) is 21.3. The maximum absolute atomic E-state index is 14.4. The number of ether oxygens (including phenoxy) is 5. The van der Waals surface area contributed by atoms with E-state index in [0.29, 0.717) is 0 Å². The molecule has 0 aliphatic carbocycles. The molecule has 0 saturated carbocycles. The SMILES string of the molecule is Cc1cn([C@H]2C[C@H](OP(=O)(O)OC[C@H]3O[C@@H](n4cnc5c(=O)[nH]c(N)nc54)C[C@@H]3OP(=O)(O)OC[C@H]3O[C@@H](n4cnc5c(=O)[nH]c(N)nc54)C[C@@H]3OP(=O)(O)OC[C@H]3O[C@@H](n4cnc5c(=O)[nH]c(N)nc54)C[C@@H]3OP(=O)(O)OC[C@H]3O[C@@H](n4cnc5c(N)ncnc54)C[C@@H]3O)[C@@H](CO)O2)c(=O)[nH]c1=O. The summed E-state index contributed by atoms with van der Waals surface area (Å²) >= 11 is 0. The first kappa shape index (κ1) is 72.6. The molecular weight excluding hydrogens is 1480 g/mol. The van der Waals surface area contributed by atoms with E-state index in [1.165, 1.54) is 44.0 Å². The van der Waals surface area contributed by atoms with Crippen LogP contribution in [0, 0.1) is 6.92 Å². The van der Waals surface area contributed by atoms with Gasteiger partial charge in [0.2, 0.25) is 17.8 Å². The summed E-state index contributed by atoms with van der Waals surface area (Å²) in [6, 6.07) is 0. The number of aromatic nitrogens is 18. The normalized spacial score (nSPS) is 29.0. The van der Waals surface area contributed by atoms with Gasteiger partial charge in [-0.15, -0.1) is 0 Å². The lowest BCUT2D eigenvalue weighted by atomic mass is 10.2. The van der Waals surface area contributed by atoms with Crippen LogP contribution in [0.5, 0.6) is 0 Å². The number of nitrogens with two attached hydrogens (primary N) is 4. The number of nitrogens with one attached hydrogen (secondary N) is 4. The standard InChI is InChI=1S/C50H62N22O28P4/c1-18-7-68(50(79)67-43(18)75)30-3-20(24(8-73)92-30)97-102(82,83)89-10-26-22(5-32(94-26)71-16-59-36-41(71)62-48(53)65-45(36)77)99-104(86,87)91-12-28-23(6-33(96-28)72-17-60-37-42(72)63-49(54)66-46(37)78)100-103(84,85)90-11-27-21(4-31(95-27)70-15-58-35-40(70)61-47(52)64-44(35)76)98-101(80,81)88-9-25-19(74)2-29(93-25)69-14-57-34-38(51)55-13-56-39(34)69/h7,13-17,19-33,73-74H,2-6,8-12H2,1H3,(H,80,81)(H,82,83)(H,84,85)(H,86,87)(H2,51,55,56)(H,67,75,79)(H3,52,61,64,76)(H3,53,62,65,77)(H3,54,63,66,78)/t19-,20-,21-,22-,23-,24+,25+,26+,27+,28+,29+,30+,31+,32+,33+/m0/s1. The Morgan fingerprint density at radius 1 is 0.452 bits per heavy atom. The van der Waals surface area contributed by atoms with Gasteiger partial charge in [0, 0.05) is 43.9 Å². The average molecular weight is 1540 g/mol. The average Bonchev–Trinajstić information content (AvgIpc) is 1.64. The molecule has 19 atom stereocenters. The van der Waals surface area contributed by atoms with E-state index in [0.717, 1.165) is 23.5 Å². The van der Waals surface area contributed by atoms with E-state index < -0.39 is 204 Å². The van der Waals surface area contributed by atoms with Gasteiger partial charge < -0.3 is 76.4 Å². The number of nitrogens with zero attached hydrogens (tertiary/aromatic N) is 14. The second kappa shape index (κ2) is 28.2. The molecule has 104 heavy (non-hydrogen) atoms. The lowest BCUT2D eigenvalue weighted by molar-refractivity contribution is -0.0633. The Labute approximate surface area is 575 Å². The maximum Gasteiger partial charge on any atom is 0.472 e. The van der Waals surface area contributed by atoms with Crippen molar-refractivity contribution >= 4 is 99.6 Å². The number of rotatable bonds is 26. The van der Waals surface area contributed by atoms with Crippen LogP contribution in [0.3, 0.4) is 0 Å². The molecular formula is C50H62N22O28P4. The van der Waals surface area contributed by atoms with Crippen molar-refractivity contribution in [1.29, 1.82) is 0 Å². The lowest BCUT2D eigenvalue weighted by Gasteiger charge is -2.25. The van der Waals surface area contributed by atoms with E-state index in [2.05, 4.69) is 64.8 Å². The van der Waals surface area contributed by atoms with Crippen LogP contribution in [0.1, 0.15) is 68.8 Å². The number of aliphatic hydroxyl groups excluding tert-OH is 2. The minimum atomic E-state index is -5.54. The van der Waals surface area contributed by atoms with Crippen LogP contribution in [-0.4, -0.2) is 211 Å². The fourth-order valence-corrected chi connectivity index (χ4v) is 16.2. The molecule has 0 spiro atoms. The topological polar surface area (TPSA) is 703 Å². The lowest BCUT2D eigenvalue weighted by Crippen LogP contribution is -2.33. The quantitative estimate of drug-likeness (QED) is 0.0244. The molecule has 9 aromatic heterocycles. The molecule has 5 aliphatic heterocycles. The van der Waals surface area contributed by atoms with Gasteiger partial charge in [0.25, 0.3) is 22.2 Å². The number of hydrogen-bond acceptors (Lipinski definition) is 37. The molecule has 50 nitrogen and oxygen atoms in total. The molecule has 4 unspecified atom stereocenters. The number of imidazole rings is 4. The number of fused-ring (bicyclic) bond motifs is 4. The molecule has 5 aliphatic rings. The highest BCUT2D eigenvalue weighted by Crippen LogP contribution is 2.55. The molecule has 5 saturated heterocycles. The summed E-state index contributed by atoms with van der Waals surface area (Å²) in [7, 11) is -21.7. The zero-order valence-corrected chi connectivity index (χ0v) is 56.8. The first-order valence-corrected chi connectivity index (χ1v) is 36.9. The minimum Gasteiger partial charge on any atom is -0.394 e. The first-order valence-electron chi connectivity index (χ1n) is 31.0. The van der Waals surface area contributed by atoms with Crippen LogP contribution in [-0.2, 0) is 78.1 Å². The maximum atomic E-state index is 14.4. The van der Waals surface area contributed by atoms with E-state index >= 15 is 0 Å². The molecule has 0 radical (unpaired) electrons. The van der Waals surface area contributed by atoms with Crippen molar-refractivity contribution in [2.45, 2.75) is 131 Å². The largest absolute Gasteiger partial charge is 0.472 e. The predicted molar refractivity (Wildman–Crippen MR) is 342 cm³/mol. The molecule has 14 heterocycles. The molecule has 54 heteroatoms. The van der Waals surface area contributed by atoms with Crippen molar-refractivity contribution in [3.8, 4) is 0 Å². The number of nitrogen functional groups attached to an aromatic ring is 4. The van der Waals surface area contributed by atoms with Gasteiger partial charge in [-0.3, -0.25) is 98.1 Å². The number of phosphoric ester groups is 4. The Hall–Kier alpha value is -8.36. The zero-order valence-electron chi connectivity index (χ0n) is 53.2. The van der Waals surface area contributed by atoms with Crippen molar-refractivity contribution in [2.75, 3.05) is 56.0 Å². The third kappa shape index (κ3) is 15.0. The fourth-order valence-electron chi connectivity index (χ4n) is 12.4. The van der Waals surface area contributed by atoms with Crippen molar-refractivity contribution in [3.63, 3.8) is 0 Å². The van der Waals surface area contributed by atoms with Crippen LogP contribution in [0.2, 0.25) is 0 Å². The molecule has 9 aromatic rings. The van der Waals surface area contributed by atoms with Crippen LogP contribution in [0.15, 0.2) is 61.8 Å². The minimum absolute atomic E-state index is 0.0590. The molecule has 560 valence electrons. The van der Waals surface area contributed by atoms with Gasteiger partial charge in [-0.25, -0.2) is 53.0 Å². The smallest absolute Gasteiger partial charge is 0.394 e. The summed E-state index contributed by atoms with van der Waals surface area (Å²) in [5.74, 6) is -0.974. The van der Waals surface area contributed by atoms with Gasteiger partial charge in [-0.1, -0.05) is 0 Å². The van der Waals surface area contributed by atoms with Gasteiger partial charge >= 0.3 is 37.0 Å². The van der Waals surface area contributed by atoms with Gasteiger partial charge in [0.15, 0.2) is 45.0 Å². The second-order valence-corrected chi connectivity index (χ2v) is 29.7. The predicted octanol–water partition coefficient (Wildman–Crippen LogP) is -2.79. The Morgan fingerprint density at radius 3 is 1.19 bits per heavy atom. The Balaban J connectivity index is 0.682. The molecule has 0 bridgehead atoms. The Bertz CT molecular complexity index is 5300. The van der Waals surface area contributed by atoms with E-state index in [1.807, 2.05) is 0 Å². The van der Waals surface area contributed by atoms with E-state index in [-0.39, 0.29) is 86.7 Å². The number of hydrogen-bond donors (Lipinski definition) is 14. The van der Waals surface area contributed by atoms with Gasteiger partial charge in [0.1, 0.15) is 97.9 Å². The highest BCUT2D eigenvalue weighted by atomic mass is 31.2. The number of aromatic amines is 4. The highest BCUT2D eigenvalue weighted by molar-refractivity contribution is 7.48. The van der Waals surface area contributed by atoms with Crippen LogP contribution < -0.4 is 50.9 Å². The second-order valence-electron chi connectivity index (χ2n) is 24.1. The van der Waals surface area contributed by atoms with E-state index in [4.69, 9.17) is 82.8 Å². The summed E-state index contributed by atoms with van der Waals surface area (Å²) in [6.07, 6.45) is -16.1. The summed E-state index contributed by atoms with van der Waals surface area (Å²) in [6.45, 7) is -3.21. The number of aryl methyl sites for hydroxylation is 1. The summed E-state index contributed by atoms with van der Waals surface area (Å²) in [5.41, 5.74) is 19.1. The van der Waals surface area contributed by atoms with Crippen LogP contribution >= 0.6 is 31.3 Å². The summed E-state index contributed by atoms with van der Waals surface area (Å²) in [4.78, 5) is 155. The summed E-state index contributed by atoms with van der Waals surface area (Å²) in [5, 5.41) is 21.2. The van der Waals surface area contributed by atoms with E-state index in [9.17, 15) is 72.0 Å². The highest BCUT2D eigenvalue weighted by Gasteiger charge is 2.50. The molecule has 18 N–H and O–H groups in total. The summed E-state index contributed by atoms with van der Waals surface area (Å²) < 4.78 is 137. The number of phosphoric acid groups is 4. The van der Waals surface area contributed by atoms with Crippen molar-refractivity contribution in [1.82, 2.24) is 87.6 Å². The Kier molecular flexibility index (Phi) is 19.7. The molecule has 0 aromatic carbocycles. The fraction of sp³-hybridized carbons (Fsp3) is 0.520. The van der Waals surface area contributed by atoms with Gasteiger partial charge in [-0.2, -0.15) is 15.0 Å². The molecule has 5 fully saturated rings. The first-order chi connectivity index (χ1) is 49.3. The monoisotopic (exact) mass is 1540 g/mol. The van der Waals surface area contributed by atoms with Crippen molar-refractivity contribution < 1.29 is 108 Å². The third-order valence-electron chi connectivity index (χ3n) is 17.2. The van der Waals surface area contributed by atoms with Gasteiger partial charge in [0.05, 0.1) is 64.4 Å². The number of anilines is 4. The van der Waals surface area contributed by atoms with Crippen LogP contribution in [0.4, 0.5) is 23.7 Å². The Morgan fingerprint density at radius 2 is 0.788 bits per heavy atom. The molecule has 14 rings (SSSR count). The van der Waals surface area contributed by atoms with E-state index in [1.54, 1.807) is 0 Å². The van der Waals surface area contributed by atoms with Crippen molar-refractivity contribution in [2.24, 2.45) is 0 Å². The zero-order chi connectivity index (χ0) is 73.6. The number of aliphatic hydroxyl groups is 2. The van der Waals surface area contributed by atoms with Crippen LogP contribution in [0.25, 0.3) is 44.7 Å².